The van der Waals surface area contributed by atoms with E-state index in [1.807, 2.05) is 12.1 Å². The lowest BCUT2D eigenvalue weighted by atomic mass is 9.87. The van der Waals surface area contributed by atoms with Gasteiger partial charge in [0, 0.05) is 99.0 Å². The minimum atomic E-state index is -3.67. The van der Waals surface area contributed by atoms with Gasteiger partial charge < -0.3 is 18.6 Å². The largest absolute Gasteiger partial charge is 0.455 e. The van der Waals surface area contributed by atoms with Crippen molar-refractivity contribution in [3.8, 4) is 22.6 Å². The molecule has 2 aromatic heterocycles. The second-order valence-corrected chi connectivity index (χ2v) is 25.4. The molecule has 2 saturated heterocycles. The van der Waals surface area contributed by atoms with Gasteiger partial charge in [-0.3, -0.25) is 27.8 Å². The number of ketones is 2. The number of carbonyl (C=O) groups excluding carboxylic acids is 4. The highest BCUT2D eigenvalue weighted by Gasteiger charge is 2.34. The van der Waals surface area contributed by atoms with E-state index in [4.69, 9.17) is 8.83 Å². The van der Waals surface area contributed by atoms with E-state index in [2.05, 4.69) is 0 Å². The van der Waals surface area contributed by atoms with Gasteiger partial charge in [-0.05, 0) is 133 Å². The van der Waals surface area contributed by atoms with Gasteiger partial charge >= 0.3 is 0 Å². The van der Waals surface area contributed by atoms with Crippen molar-refractivity contribution < 1.29 is 62.4 Å². The number of anilines is 2. The standard InChI is InChI=1S/2C32H32F2N2O5S/c2*1-4-28(37)31-26-17-25(22-6-5-15-36(19-22)30(38)16-20-7-11-23(33)12-8-20)27(35(2)42(3,39)40)18-29(26)41-32(31)21-9-13-24(34)14-10-21/h2*7-14,17-18,22H,4-6,15-16,19H2,1-3H3/t2*22-/m10/s1. The second-order valence-electron chi connectivity index (χ2n) is 21.4. The fraction of sp³-hybridized carbons (Fsp3) is 0.312. The Morgan fingerprint density at radius 3 is 1.14 bits per heavy atom. The second kappa shape index (κ2) is 25.0. The van der Waals surface area contributed by atoms with Crippen LogP contribution in [0.3, 0.4) is 0 Å². The Morgan fingerprint density at radius 1 is 0.512 bits per heavy atom. The molecule has 2 aliphatic rings. The van der Waals surface area contributed by atoms with Crippen molar-refractivity contribution in [3.05, 3.63) is 178 Å². The number of amides is 2. The first-order valence-electron chi connectivity index (χ1n) is 27.6. The number of furan rings is 2. The number of carbonyl (C=O) groups is 4. The molecule has 20 heteroatoms. The average molecular weight is 1190 g/mol. The number of Topliss-reactive ketones (excluding diaryl/α,β-unsaturated/α-hetero) is 2. The number of hydrogen-bond donors (Lipinski definition) is 0. The van der Waals surface area contributed by atoms with Crippen molar-refractivity contribution in [2.24, 2.45) is 0 Å². The molecule has 440 valence electrons. The van der Waals surface area contributed by atoms with E-state index in [-0.39, 0.29) is 72.5 Å². The molecule has 2 amide bonds. The van der Waals surface area contributed by atoms with Crippen LogP contribution in [0.5, 0.6) is 0 Å². The molecule has 2 fully saturated rings. The van der Waals surface area contributed by atoms with Crippen LogP contribution in [0.2, 0.25) is 0 Å². The molecule has 2 atom stereocenters. The van der Waals surface area contributed by atoms with Gasteiger partial charge in [-0.2, -0.15) is 0 Å². The minimum Gasteiger partial charge on any atom is -0.455 e. The van der Waals surface area contributed by atoms with Crippen LogP contribution in [-0.2, 0) is 42.5 Å². The Balaban J connectivity index is 0.000000202. The quantitative estimate of drug-likeness (QED) is 0.0668. The van der Waals surface area contributed by atoms with Crippen LogP contribution >= 0.6 is 0 Å². The first-order chi connectivity index (χ1) is 39.9. The number of halogens is 4. The summed E-state index contributed by atoms with van der Waals surface area (Å²) in [5, 5.41) is 1.08. The smallest absolute Gasteiger partial charge is 0.232 e. The van der Waals surface area contributed by atoms with Crippen LogP contribution < -0.4 is 8.61 Å². The van der Waals surface area contributed by atoms with Crippen molar-refractivity contribution in [1.82, 2.24) is 9.80 Å². The summed E-state index contributed by atoms with van der Waals surface area (Å²) in [7, 11) is -4.42. The summed E-state index contributed by atoms with van der Waals surface area (Å²) in [6.45, 7) is 5.31. The molecule has 8 aromatic rings. The lowest BCUT2D eigenvalue weighted by molar-refractivity contribution is -0.132. The summed E-state index contributed by atoms with van der Waals surface area (Å²) in [5.74, 6) is -1.96. The molecule has 0 N–H and O–H groups in total. The van der Waals surface area contributed by atoms with E-state index in [9.17, 15) is 53.6 Å². The molecule has 10 rings (SSSR count). The fourth-order valence-corrected chi connectivity index (χ4v) is 12.1. The SMILES string of the molecule is CCC(=O)c1c(-c2ccc(F)cc2)oc2cc(N(C)S(C)(=O)=O)c([C@@H]3CCCN(C(=O)Cc4ccc(F)cc4)C3)cc12.CCC(=O)c1c(-c2ccc(F)cc2)oc2cc(N(C)S(C)(=O)=O)c([C@H]3CCCN(C(=O)Cc4ccc(F)cc4)C3)cc12. The van der Waals surface area contributed by atoms with Gasteiger partial charge in [0.05, 0.1) is 47.9 Å². The summed E-state index contributed by atoms with van der Waals surface area (Å²) < 4.78 is 120. The number of rotatable bonds is 16. The van der Waals surface area contributed by atoms with Gasteiger partial charge in [0.2, 0.25) is 31.9 Å². The molecule has 6 aromatic carbocycles. The zero-order chi connectivity index (χ0) is 60.4. The zero-order valence-corrected chi connectivity index (χ0v) is 49.0. The van der Waals surface area contributed by atoms with Gasteiger partial charge in [-0.15, -0.1) is 0 Å². The van der Waals surface area contributed by atoms with Gasteiger partial charge in [0.1, 0.15) is 46.0 Å². The third kappa shape index (κ3) is 13.3. The summed E-state index contributed by atoms with van der Waals surface area (Å²) in [6.07, 6.45) is 5.69. The van der Waals surface area contributed by atoms with Crippen LogP contribution in [-0.4, -0.2) is 103 Å². The Hall–Kier alpha value is -8.10. The molecule has 0 spiro atoms. The third-order valence-electron chi connectivity index (χ3n) is 15.7. The fourth-order valence-electron chi connectivity index (χ4n) is 11.1. The summed E-state index contributed by atoms with van der Waals surface area (Å²) >= 11 is 0. The minimum absolute atomic E-state index is 0.103. The maximum absolute atomic E-state index is 13.7. The number of piperidine rings is 2. The third-order valence-corrected chi connectivity index (χ3v) is 18.1. The maximum atomic E-state index is 13.7. The van der Waals surface area contributed by atoms with Crippen LogP contribution in [0, 0.1) is 23.3 Å². The first-order valence-corrected chi connectivity index (χ1v) is 31.3. The van der Waals surface area contributed by atoms with Crippen molar-refractivity contribution in [2.75, 3.05) is 61.4 Å². The predicted octanol–water partition coefficient (Wildman–Crippen LogP) is 12.6. The molecule has 4 heterocycles. The molecule has 84 heavy (non-hydrogen) atoms. The van der Waals surface area contributed by atoms with E-state index in [1.165, 1.54) is 95.5 Å². The highest BCUT2D eigenvalue weighted by molar-refractivity contribution is 7.92. The van der Waals surface area contributed by atoms with Crippen LogP contribution in [0.1, 0.15) is 107 Å². The van der Waals surface area contributed by atoms with Crippen molar-refractivity contribution in [1.29, 1.82) is 0 Å². The number of sulfonamides is 2. The monoisotopic (exact) mass is 1190 g/mol. The van der Waals surface area contributed by atoms with E-state index in [1.54, 1.807) is 60.0 Å². The molecule has 14 nitrogen and oxygen atoms in total. The summed E-state index contributed by atoms with van der Waals surface area (Å²) in [6, 6.07) is 29.8. The van der Waals surface area contributed by atoms with Gasteiger partial charge in [0.15, 0.2) is 11.6 Å². The molecule has 0 radical (unpaired) electrons. The van der Waals surface area contributed by atoms with Crippen molar-refractivity contribution in [3.63, 3.8) is 0 Å². The van der Waals surface area contributed by atoms with Crippen LogP contribution in [0.25, 0.3) is 44.6 Å². The highest BCUT2D eigenvalue weighted by atomic mass is 32.2. The lowest BCUT2D eigenvalue weighted by Crippen LogP contribution is -2.40. The number of benzene rings is 6. The molecule has 0 aliphatic carbocycles. The Bertz CT molecular complexity index is 3760. The van der Waals surface area contributed by atoms with E-state index in [0.717, 1.165) is 12.5 Å². The number of nitrogens with zero attached hydrogens (tertiary/aromatic N) is 4. The van der Waals surface area contributed by atoms with Crippen molar-refractivity contribution in [2.45, 2.75) is 77.0 Å². The topological polar surface area (TPSA) is 176 Å². The normalized spacial score (nSPS) is 15.6. The van der Waals surface area contributed by atoms with E-state index in [0.29, 0.717) is 141 Å². The van der Waals surface area contributed by atoms with E-state index >= 15 is 0 Å². The average Bonchev–Trinajstić information content (AvgIpc) is 2.69. The number of hydrogen-bond acceptors (Lipinski definition) is 10. The molecular weight excluding hydrogens is 1120 g/mol. The van der Waals surface area contributed by atoms with Crippen LogP contribution in [0.4, 0.5) is 28.9 Å². The van der Waals surface area contributed by atoms with Gasteiger partial charge in [0.25, 0.3) is 0 Å². The Labute approximate surface area is 485 Å². The molecule has 0 bridgehead atoms. The predicted molar refractivity (Wildman–Crippen MR) is 316 cm³/mol. The van der Waals surface area contributed by atoms with Crippen molar-refractivity contribution >= 4 is 76.7 Å². The number of likely N-dealkylation sites (tertiary alicyclic amines) is 2. The zero-order valence-electron chi connectivity index (χ0n) is 47.4. The molecule has 2 aliphatic heterocycles. The highest BCUT2D eigenvalue weighted by Crippen LogP contribution is 2.45. The summed E-state index contributed by atoms with van der Waals surface area (Å²) in [5.41, 5.74) is 6.02. The molecular formula is C64H64F4N4O10S2. The number of fused-ring (bicyclic) bond motifs is 2. The van der Waals surface area contributed by atoms with Crippen LogP contribution in [0.15, 0.2) is 130 Å². The van der Waals surface area contributed by atoms with E-state index < -0.39 is 31.7 Å². The lowest BCUT2D eigenvalue weighted by Gasteiger charge is -2.35. The maximum Gasteiger partial charge on any atom is 0.232 e. The summed E-state index contributed by atoms with van der Waals surface area (Å²) in [4.78, 5) is 56.4. The molecule has 0 saturated carbocycles. The van der Waals surface area contributed by atoms with Gasteiger partial charge in [-0.25, -0.2) is 34.4 Å². The Morgan fingerprint density at radius 2 is 0.833 bits per heavy atom. The molecule has 0 unspecified atom stereocenters. The van der Waals surface area contributed by atoms with Gasteiger partial charge in [-0.1, -0.05) is 38.1 Å². The Kier molecular flexibility index (Phi) is 18.0. The first kappa shape index (κ1) is 60.5.